The molecule has 0 amide bonds. The van der Waals surface area contributed by atoms with Crippen LogP contribution in [-0.2, 0) is 19.1 Å². The van der Waals surface area contributed by atoms with E-state index < -0.39 is 11.7 Å². The van der Waals surface area contributed by atoms with Crippen LogP contribution >= 0.6 is 0 Å². The van der Waals surface area contributed by atoms with Gasteiger partial charge in [0.2, 0.25) is 0 Å². The fraction of sp³-hybridized carbons (Fsp3) is 0.316. The minimum absolute atomic E-state index is 0.416. The maximum atomic E-state index is 12.6. The smallest absolute Gasteiger partial charge is 0.356 e. The number of rotatable bonds is 4. The predicted molar refractivity (Wildman–Crippen MR) is 92.5 cm³/mol. The Labute approximate surface area is 145 Å². The van der Waals surface area contributed by atoms with Crippen LogP contribution in [0.15, 0.2) is 53.5 Å². The Bertz CT molecular complexity index is 751. The lowest BCUT2D eigenvalue weighted by atomic mass is 9.78. The highest BCUT2D eigenvalue weighted by atomic mass is 19.4. The molecule has 2 aromatic rings. The van der Waals surface area contributed by atoms with Crippen LogP contribution in [0.3, 0.4) is 0 Å². The Morgan fingerprint density at radius 2 is 1.80 bits per heavy atom. The maximum Gasteiger partial charge on any atom is 0.416 e. The summed E-state index contributed by atoms with van der Waals surface area (Å²) in [5, 5.41) is 6.41. The zero-order valence-electron chi connectivity index (χ0n) is 13.9. The van der Waals surface area contributed by atoms with Crippen molar-refractivity contribution in [2.45, 2.75) is 25.1 Å². The van der Waals surface area contributed by atoms with E-state index in [9.17, 15) is 13.2 Å². The molecule has 1 unspecified atom stereocenters. The summed E-state index contributed by atoms with van der Waals surface area (Å²) in [6, 6.07) is 13.5. The van der Waals surface area contributed by atoms with E-state index in [4.69, 9.17) is 0 Å². The van der Waals surface area contributed by atoms with Crippen molar-refractivity contribution < 1.29 is 13.2 Å². The van der Waals surface area contributed by atoms with Gasteiger partial charge in [0.1, 0.15) is 0 Å². The van der Waals surface area contributed by atoms with Gasteiger partial charge < -0.3 is 10.6 Å². The molecule has 0 bridgehead atoms. The van der Waals surface area contributed by atoms with Gasteiger partial charge in [-0.15, -0.1) is 0 Å². The van der Waals surface area contributed by atoms with Gasteiger partial charge in [0.25, 0.3) is 0 Å². The number of aliphatic imine (C=N–C) groups is 1. The summed E-state index contributed by atoms with van der Waals surface area (Å²) in [4.78, 5) is 4.16. The highest BCUT2D eigenvalue weighted by molar-refractivity contribution is 5.79. The molecule has 0 saturated heterocycles. The molecule has 2 aromatic carbocycles. The van der Waals surface area contributed by atoms with Gasteiger partial charge in [-0.05, 0) is 35.2 Å². The van der Waals surface area contributed by atoms with E-state index in [-0.39, 0.29) is 0 Å². The van der Waals surface area contributed by atoms with Gasteiger partial charge in [-0.2, -0.15) is 13.2 Å². The minimum Gasteiger partial charge on any atom is -0.356 e. The van der Waals surface area contributed by atoms with Gasteiger partial charge in [-0.1, -0.05) is 36.4 Å². The first-order valence-electron chi connectivity index (χ1n) is 8.16. The second-order valence-corrected chi connectivity index (χ2v) is 6.10. The van der Waals surface area contributed by atoms with Crippen molar-refractivity contribution in [3.05, 3.63) is 70.8 Å². The molecule has 0 aromatic heterocycles. The molecule has 2 N–H and O–H groups in total. The summed E-state index contributed by atoms with van der Waals surface area (Å²) < 4.78 is 37.7. The Morgan fingerprint density at radius 1 is 1.08 bits per heavy atom. The molecule has 1 atom stereocenters. The molecule has 0 radical (unpaired) electrons. The highest BCUT2D eigenvalue weighted by Crippen LogP contribution is 2.34. The Hall–Kier alpha value is -2.50. The molecule has 3 nitrogen and oxygen atoms in total. The fourth-order valence-electron chi connectivity index (χ4n) is 2.98. The van der Waals surface area contributed by atoms with E-state index in [2.05, 4.69) is 27.8 Å². The van der Waals surface area contributed by atoms with Crippen LogP contribution in [0.2, 0.25) is 0 Å². The Balaban J connectivity index is 1.49. The topological polar surface area (TPSA) is 36.4 Å². The molecule has 1 aliphatic rings. The molecule has 132 valence electrons. The summed E-state index contributed by atoms with van der Waals surface area (Å²) in [6.07, 6.45) is -3.25. The molecule has 0 fully saturated rings. The molecule has 6 heteroatoms. The first-order valence-corrected chi connectivity index (χ1v) is 8.16. The van der Waals surface area contributed by atoms with Crippen LogP contribution < -0.4 is 10.6 Å². The molecular formula is C19H20F3N3. The Morgan fingerprint density at radius 3 is 2.44 bits per heavy atom. The number of hydrogen-bond acceptors (Lipinski definition) is 1. The highest BCUT2D eigenvalue weighted by Gasteiger charge is 2.30. The second kappa shape index (κ2) is 7.17. The summed E-state index contributed by atoms with van der Waals surface area (Å²) in [5.41, 5.74) is 2.89. The zero-order chi connectivity index (χ0) is 17.9. The molecule has 0 aliphatic heterocycles. The number of nitrogens with one attached hydrogen (secondary N) is 2. The average Bonchev–Trinajstić information content (AvgIpc) is 2.58. The van der Waals surface area contributed by atoms with Crippen LogP contribution in [0.5, 0.6) is 0 Å². The lowest BCUT2D eigenvalue weighted by Gasteiger charge is -2.30. The SMILES string of the molecule is CN=C(NCc1ccc(C(F)(F)F)cc1)NCC1Cc2ccccc21. The molecule has 25 heavy (non-hydrogen) atoms. The van der Waals surface area contributed by atoms with Crippen molar-refractivity contribution >= 4 is 5.96 Å². The van der Waals surface area contributed by atoms with Crippen molar-refractivity contribution in [3.63, 3.8) is 0 Å². The van der Waals surface area contributed by atoms with Gasteiger partial charge in [-0.25, -0.2) is 0 Å². The van der Waals surface area contributed by atoms with Gasteiger partial charge >= 0.3 is 6.18 Å². The lowest BCUT2D eigenvalue weighted by Crippen LogP contribution is -2.40. The zero-order valence-corrected chi connectivity index (χ0v) is 13.9. The van der Waals surface area contributed by atoms with E-state index in [1.807, 2.05) is 12.1 Å². The predicted octanol–water partition coefficient (Wildman–Crippen LogP) is 3.71. The molecule has 0 spiro atoms. The number of hydrogen-bond donors (Lipinski definition) is 2. The van der Waals surface area contributed by atoms with E-state index >= 15 is 0 Å². The number of fused-ring (bicyclic) bond motifs is 1. The minimum atomic E-state index is -4.30. The van der Waals surface area contributed by atoms with E-state index in [1.165, 1.54) is 23.3 Å². The summed E-state index contributed by atoms with van der Waals surface area (Å²) >= 11 is 0. The lowest BCUT2D eigenvalue weighted by molar-refractivity contribution is -0.137. The number of halogens is 3. The van der Waals surface area contributed by atoms with Gasteiger partial charge in [0, 0.05) is 26.1 Å². The normalized spacial score (nSPS) is 16.8. The number of benzene rings is 2. The second-order valence-electron chi connectivity index (χ2n) is 6.10. The standard InChI is InChI=1S/C19H20F3N3/c1-23-18(25-12-15-10-14-4-2-3-5-17(14)15)24-11-13-6-8-16(9-7-13)19(20,21)22/h2-9,15H,10-12H2,1H3,(H2,23,24,25). The largest absolute Gasteiger partial charge is 0.416 e. The van der Waals surface area contributed by atoms with Crippen molar-refractivity contribution in [2.24, 2.45) is 4.99 Å². The van der Waals surface area contributed by atoms with Crippen LogP contribution in [0.1, 0.15) is 28.2 Å². The quantitative estimate of drug-likeness (QED) is 0.653. The van der Waals surface area contributed by atoms with Crippen molar-refractivity contribution in [3.8, 4) is 0 Å². The summed E-state index contributed by atoms with van der Waals surface area (Å²) in [6.45, 7) is 1.20. The number of alkyl halides is 3. The first-order chi connectivity index (χ1) is 12.0. The average molecular weight is 347 g/mol. The van der Waals surface area contributed by atoms with Crippen molar-refractivity contribution in [2.75, 3.05) is 13.6 Å². The van der Waals surface area contributed by atoms with Crippen molar-refractivity contribution in [1.29, 1.82) is 0 Å². The molecule has 1 aliphatic carbocycles. The number of nitrogens with zero attached hydrogens (tertiary/aromatic N) is 1. The van der Waals surface area contributed by atoms with Gasteiger partial charge in [0.15, 0.2) is 5.96 Å². The molecular weight excluding hydrogens is 327 g/mol. The summed E-state index contributed by atoms with van der Waals surface area (Å²) in [7, 11) is 1.68. The van der Waals surface area contributed by atoms with Crippen LogP contribution in [0.4, 0.5) is 13.2 Å². The van der Waals surface area contributed by atoms with Crippen LogP contribution in [0.25, 0.3) is 0 Å². The van der Waals surface area contributed by atoms with Gasteiger partial charge in [0.05, 0.1) is 5.56 Å². The Kier molecular flexibility index (Phi) is 4.97. The van der Waals surface area contributed by atoms with Gasteiger partial charge in [-0.3, -0.25) is 4.99 Å². The van der Waals surface area contributed by atoms with Crippen molar-refractivity contribution in [1.82, 2.24) is 10.6 Å². The third-order valence-corrected chi connectivity index (χ3v) is 4.44. The van der Waals surface area contributed by atoms with E-state index in [0.29, 0.717) is 18.4 Å². The van der Waals surface area contributed by atoms with E-state index in [0.717, 1.165) is 30.7 Å². The van der Waals surface area contributed by atoms with Crippen LogP contribution in [0, 0.1) is 0 Å². The number of guanidine groups is 1. The molecule has 3 rings (SSSR count). The third kappa shape index (κ3) is 4.13. The molecule has 0 saturated carbocycles. The summed E-state index contributed by atoms with van der Waals surface area (Å²) in [5.74, 6) is 1.12. The van der Waals surface area contributed by atoms with Crippen LogP contribution in [-0.4, -0.2) is 19.6 Å². The molecule has 0 heterocycles. The third-order valence-electron chi connectivity index (χ3n) is 4.44. The first kappa shape index (κ1) is 17.3. The maximum absolute atomic E-state index is 12.6. The monoisotopic (exact) mass is 347 g/mol. The fourth-order valence-corrected chi connectivity index (χ4v) is 2.98. The van der Waals surface area contributed by atoms with E-state index in [1.54, 1.807) is 7.05 Å².